The molecule has 1 N–H and O–H groups in total. The van der Waals surface area contributed by atoms with Gasteiger partial charge in [0.15, 0.2) is 0 Å². The highest BCUT2D eigenvalue weighted by atomic mass is 16.5. The summed E-state index contributed by atoms with van der Waals surface area (Å²) in [4.78, 5) is 0. The first-order valence-corrected chi connectivity index (χ1v) is 8.72. The van der Waals surface area contributed by atoms with Crippen molar-refractivity contribution in [1.29, 1.82) is 0 Å². The van der Waals surface area contributed by atoms with Crippen LogP contribution in [0.5, 0.6) is 0 Å². The number of unbranched alkanes of at least 4 members (excludes halogenated alkanes) is 1. The molecule has 118 valence electrons. The second-order valence-corrected chi connectivity index (χ2v) is 6.26. The molecule has 0 saturated heterocycles. The molecular formula is C19H31NO. The summed E-state index contributed by atoms with van der Waals surface area (Å²) in [5, 5.41) is 3.80. The van der Waals surface area contributed by atoms with Crippen molar-refractivity contribution in [2.75, 3.05) is 6.54 Å². The molecule has 0 amide bonds. The Morgan fingerprint density at radius 1 is 1.10 bits per heavy atom. The Kier molecular flexibility index (Phi) is 6.72. The van der Waals surface area contributed by atoms with Gasteiger partial charge < -0.3 is 10.1 Å². The molecule has 1 aliphatic rings. The van der Waals surface area contributed by atoms with Crippen molar-refractivity contribution in [3.05, 3.63) is 34.9 Å². The fourth-order valence-corrected chi connectivity index (χ4v) is 3.31. The van der Waals surface area contributed by atoms with E-state index in [0.717, 1.165) is 25.7 Å². The lowest BCUT2D eigenvalue weighted by Gasteiger charge is -2.28. The van der Waals surface area contributed by atoms with Crippen molar-refractivity contribution in [2.24, 2.45) is 5.92 Å². The van der Waals surface area contributed by atoms with Gasteiger partial charge in [-0.15, -0.1) is 0 Å². The number of ether oxygens (including phenoxy) is 1. The Hall–Kier alpha value is -0.860. The average molecular weight is 289 g/mol. The minimum atomic E-state index is 0.493. The Labute approximate surface area is 130 Å². The molecule has 1 aromatic rings. The minimum Gasteiger partial charge on any atom is -0.372 e. The van der Waals surface area contributed by atoms with Crippen LogP contribution in [0.4, 0.5) is 0 Å². The van der Waals surface area contributed by atoms with E-state index in [2.05, 4.69) is 44.3 Å². The smallest absolute Gasteiger partial charge is 0.0725 e. The van der Waals surface area contributed by atoms with Crippen molar-refractivity contribution >= 4 is 0 Å². The van der Waals surface area contributed by atoms with E-state index in [1.54, 1.807) is 0 Å². The fraction of sp³-hybridized carbons (Fsp3) is 0.684. The summed E-state index contributed by atoms with van der Waals surface area (Å²) in [7, 11) is 0. The molecule has 0 spiro atoms. The van der Waals surface area contributed by atoms with Gasteiger partial charge in [-0.1, -0.05) is 58.2 Å². The molecule has 2 atom stereocenters. The van der Waals surface area contributed by atoms with Gasteiger partial charge in [0.1, 0.15) is 0 Å². The zero-order chi connectivity index (χ0) is 15.1. The van der Waals surface area contributed by atoms with Gasteiger partial charge in [0, 0.05) is 6.04 Å². The van der Waals surface area contributed by atoms with Gasteiger partial charge in [0.25, 0.3) is 0 Å². The number of benzene rings is 1. The van der Waals surface area contributed by atoms with E-state index < -0.39 is 0 Å². The SMILES string of the molecule is CCCCC(CC)C(NCCC)c1ccc2c(c1)COC2. The van der Waals surface area contributed by atoms with Crippen LogP contribution < -0.4 is 5.32 Å². The van der Waals surface area contributed by atoms with Crippen LogP contribution in [-0.4, -0.2) is 6.54 Å². The molecule has 0 fully saturated rings. The molecule has 2 heteroatoms. The summed E-state index contributed by atoms with van der Waals surface area (Å²) in [6, 6.07) is 7.46. The van der Waals surface area contributed by atoms with Gasteiger partial charge >= 0.3 is 0 Å². The van der Waals surface area contributed by atoms with E-state index in [1.165, 1.54) is 48.8 Å². The number of nitrogens with one attached hydrogen (secondary N) is 1. The maximum Gasteiger partial charge on any atom is 0.0725 e. The van der Waals surface area contributed by atoms with E-state index in [0.29, 0.717) is 6.04 Å². The van der Waals surface area contributed by atoms with Crippen LogP contribution in [0.25, 0.3) is 0 Å². The maximum atomic E-state index is 5.56. The Morgan fingerprint density at radius 3 is 2.62 bits per heavy atom. The van der Waals surface area contributed by atoms with Crippen molar-refractivity contribution in [3.63, 3.8) is 0 Å². The lowest BCUT2D eigenvalue weighted by molar-refractivity contribution is 0.134. The van der Waals surface area contributed by atoms with E-state index in [4.69, 9.17) is 4.74 Å². The second-order valence-electron chi connectivity index (χ2n) is 6.26. The molecule has 0 aromatic heterocycles. The molecule has 0 radical (unpaired) electrons. The maximum absolute atomic E-state index is 5.56. The Morgan fingerprint density at radius 2 is 1.90 bits per heavy atom. The highest BCUT2D eigenvalue weighted by Gasteiger charge is 2.22. The van der Waals surface area contributed by atoms with Gasteiger partial charge in [0.2, 0.25) is 0 Å². The number of hydrogen-bond acceptors (Lipinski definition) is 2. The van der Waals surface area contributed by atoms with E-state index in [-0.39, 0.29) is 0 Å². The molecule has 0 aliphatic carbocycles. The lowest BCUT2D eigenvalue weighted by Crippen LogP contribution is -2.29. The predicted molar refractivity (Wildman–Crippen MR) is 89.3 cm³/mol. The molecule has 0 bridgehead atoms. The zero-order valence-electron chi connectivity index (χ0n) is 14.0. The largest absolute Gasteiger partial charge is 0.372 e. The zero-order valence-corrected chi connectivity index (χ0v) is 14.0. The topological polar surface area (TPSA) is 21.3 Å². The van der Waals surface area contributed by atoms with E-state index in [9.17, 15) is 0 Å². The van der Waals surface area contributed by atoms with Crippen LogP contribution in [-0.2, 0) is 18.0 Å². The summed E-state index contributed by atoms with van der Waals surface area (Å²) in [6.45, 7) is 9.53. The molecule has 0 saturated carbocycles. The molecule has 1 aromatic carbocycles. The fourth-order valence-electron chi connectivity index (χ4n) is 3.31. The number of hydrogen-bond donors (Lipinski definition) is 1. The standard InChI is InChI=1S/C19H31NO/c1-4-7-8-15(6-3)19(20-11-5-2)16-9-10-17-13-21-14-18(17)12-16/h9-10,12,15,19-20H,4-8,11,13-14H2,1-3H3. The average Bonchev–Trinajstić information content (AvgIpc) is 2.98. The number of rotatable bonds is 9. The van der Waals surface area contributed by atoms with Gasteiger partial charge in [-0.3, -0.25) is 0 Å². The molecule has 2 nitrogen and oxygen atoms in total. The van der Waals surface area contributed by atoms with Crippen LogP contribution >= 0.6 is 0 Å². The van der Waals surface area contributed by atoms with E-state index in [1.807, 2.05) is 0 Å². The van der Waals surface area contributed by atoms with E-state index >= 15 is 0 Å². The van der Waals surface area contributed by atoms with Crippen LogP contribution in [0.2, 0.25) is 0 Å². The number of fused-ring (bicyclic) bond motifs is 1. The lowest BCUT2D eigenvalue weighted by atomic mass is 9.86. The van der Waals surface area contributed by atoms with Crippen molar-refractivity contribution in [3.8, 4) is 0 Å². The minimum absolute atomic E-state index is 0.493. The third-order valence-electron chi connectivity index (χ3n) is 4.64. The van der Waals surface area contributed by atoms with Crippen LogP contribution in [0.3, 0.4) is 0 Å². The summed E-state index contributed by atoms with van der Waals surface area (Å²) < 4.78 is 5.56. The summed E-state index contributed by atoms with van der Waals surface area (Å²) >= 11 is 0. The van der Waals surface area contributed by atoms with Crippen molar-refractivity contribution < 1.29 is 4.74 Å². The first kappa shape index (κ1) is 16.5. The highest BCUT2D eigenvalue weighted by molar-refractivity contribution is 5.35. The first-order chi connectivity index (χ1) is 10.3. The Bertz CT molecular complexity index is 430. The van der Waals surface area contributed by atoms with Crippen molar-refractivity contribution in [1.82, 2.24) is 5.32 Å². The second kappa shape index (κ2) is 8.55. The Balaban J connectivity index is 2.17. The first-order valence-electron chi connectivity index (χ1n) is 8.72. The molecule has 1 heterocycles. The third kappa shape index (κ3) is 4.31. The molecule has 2 rings (SSSR count). The molecular weight excluding hydrogens is 258 g/mol. The van der Waals surface area contributed by atoms with Gasteiger partial charge in [-0.25, -0.2) is 0 Å². The highest BCUT2D eigenvalue weighted by Crippen LogP contribution is 2.31. The summed E-state index contributed by atoms with van der Waals surface area (Å²) in [6.07, 6.45) is 6.37. The van der Waals surface area contributed by atoms with Gasteiger partial charge in [-0.05, 0) is 42.0 Å². The third-order valence-corrected chi connectivity index (χ3v) is 4.64. The van der Waals surface area contributed by atoms with Crippen molar-refractivity contribution in [2.45, 2.75) is 72.1 Å². The molecule has 1 aliphatic heterocycles. The van der Waals surface area contributed by atoms with Crippen LogP contribution in [0, 0.1) is 5.92 Å². The summed E-state index contributed by atoms with van der Waals surface area (Å²) in [5.74, 6) is 0.733. The van der Waals surface area contributed by atoms with Gasteiger partial charge in [0.05, 0.1) is 13.2 Å². The van der Waals surface area contributed by atoms with Crippen LogP contribution in [0.15, 0.2) is 18.2 Å². The normalized spacial score (nSPS) is 16.7. The predicted octanol–water partition coefficient (Wildman–Crippen LogP) is 4.97. The quantitative estimate of drug-likeness (QED) is 0.692. The van der Waals surface area contributed by atoms with Crippen LogP contribution in [0.1, 0.15) is 75.6 Å². The molecule has 21 heavy (non-hydrogen) atoms. The molecule has 2 unspecified atom stereocenters. The van der Waals surface area contributed by atoms with Gasteiger partial charge in [-0.2, -0.15) is 0 Å². The monoisotopic (exact) mass is 289 g/mol. The summed E-state index contributed by atoms with van der Waals surface area (Å²) in [5.41, 5.74) is 4.21.